The van der Waals surface area contributed by atoms with Crippen molar-refractivity contribution in [3.05, 3.63) is 18.2 Å². The van der Waals surface area contributed by atoms with Crippen molar-refractivity contribution in [2.24, 2.45) is 5.73 Å². The molecule has 0 aliphatic carbocycles. The largest absolute Gasteiger partial charge is 0.496 e. The quantitative estimate of drug-likeness (QED) is 0.542. The highest BCUT2D eigenvalue weighted by atomic mass is 35.5. The first-order valence-corrected chi connectivity index (χ1v) is 7.05. The molecule has 20 heavy (non-hydrogen) atoms. The lowest BCUT2D eigenvalue weighted by Crippen LogP contribution is -2.21. The maximum atomic E-state index is 5.79. The second-order valence-electron chi connectivity index (χ2n) is 4.34. The SMILES string of the molecule is COc1cc(OC)cc(OCCCCC(N)CS)c1.Cl. The van der Waals surface area contributed by atoms with Gasteiger partial charge in [0.1, 0.15) is 17.2 Å². The van der Waals surface area contributed by atoms with Crippen molar-refractivity contribution in [1.29, 1.82) is 0 Å². The van der Waals surface area contributed by atoms with Gasteiger partial charge in [0.25, 0.3) is 0 Å². The molecular weight excluding hydrogens is 298 g/mol. The van der Waals surface area contributed by atoms with E-state index < -0.39 is 0 Å². The molecule has 116 valence electrons. The molecule has 1 aromatic carbocycles. The fourth-order valence-electron chi connectivity index (χ4n) is 1.65. The molecule has 0 aliphatic rings. The van der Waals surface area contributed by atoms with E-state index in [1.165, 1.54) is 0 Å². The smallest absolute Gasteiger partial charge is 0.126 e. The lowest BCUT2D eigenvalue weighted by molar-refractivity contribution is 0.299. The van der Waals surface area contributed by atoms with Crippen LogP contribution in [-0.4, -0.2) is 32.6 Å². The summed E-state index contributed by atoms with van der Waals surface area (Å²) in [7, 11) is 3.24. The Morgan fingerprint density at radius 1 is 1.05 bits per heavy atom. The van der Waals surface area contributed by atoms with Crippen LogP contribution in [0.1, 0.15) is 19.3 Å². The maximum absolute atomic E-state index is 5.79. The molecule has 0 saturated heterocycles. The van der Waals surface area contributed by atoms with E-state index in [0.717, 1.165) is 42.3 Å². The minimum atomic E-state index is 0. The normalized spacial score (nSPS) is 11.4. The lowest BCUT2D eigenvalue weighted by atomic mass is 10.1. The van der Waals surface area contributed by atoms with E-state index in [1.807, 2.05) is 18.2 Å². The molecule has 0 spiro atoms. The Kier molecular flexibility index (Phi) is 10.5. The van der Waals surface area contributed by atoms with E-state index in [-0.39, 0.29) is 18.4 Å². The molecule has 0 heterocycles. The number of benzene rings is 1. The van der Waals surface area contributed by atoms with Crippen molar-refractivity contribution in [3.63, 3.8) is 0 Å². The lowest BCUT2D eigenvalue weighted by Gasteiger charge is -2.11. The van der Waals surface area contributed by atoms with Gasteiger partial charge in [0.2, 0.25) is 0 Å². The van der Waals surface area contributed by atoms with Gasteiger partial charge in [0, 0.05) is 30.0 Å². The van der Waals surface area contributed by atoms with Crippen molar-refractivity contribution >= 4 is 25.0 Å². The standard InChI is InChI=1S/C14H23NO3S.ClH/c1-16-12-7-13(17-2)9-14(8-12)18-6-4-3-5-11(15)10-19;/h7-9,11,19H,3-6,10,15H2,1-2H3;1H. The van der Waals surface area contributed by atoms with E-state index in [0.29, 0.717) is 6.61 Å². The molecule has 1 atom stereocenters. The summed E-state index contributed by atoms with van der Waals surface area (Å²) in [6.07, 6.45) is 3.00. The number of thiol groups is 1. The Morgan fingerprint density at radius 2 is 1.60 bits per heavy atom. The van der Waals surface area contributed by atoms with Gasteiger partial charge in [-0.2, -0.15) is 12.6 Å². The van der Waals surface area contributed by atoms with Crippen LogP contribution < -0.4 is 19.9 Å². The van der Waals surface area contributed by atoms with E-state index >= 15 is 0 Å². The Morgan fingerprint density at radius 3 is 2.10 bits per heavy atom. The molecule has 0 aliphatic heterocycles. The zero-order valence-electron chi connectivity index (χ0n) is 12.0. The Labute approximate surface area is 132 Å². The van der Waals surface area contributed by atoms with E-state index in [1.54, 1.807) is 14.2 Å². The predicted molar refractivity (Wildman–Crippen MR) is 88.0 cm³/mol. The van der Waals surface area contributed by atoms with Crippen LogP contribution in [0.5, 0.6) is 17.2 Å². The van der Waals surface area contributed by atoms with Crippen LogP contribution in [0.15, 0.2) is 18.2 Å². The average molecular weight is 322 g/mol. The predicted octanol–water partition coefficient (Wildman–Crippen LogP) is 2.93. The van der Waals surface area contributed by atoms with Crippen molar-refractivity contribution in [3.8, 4) is 17.2 Å². The van der Waals surface area contributed by atoms with Gasteiger partial charge < -0.3 is 19.9 Å². The van der Waals surface area contributed by atoms with E-state index in [2.05, 4.69) is 12.6 Å². The summed E-state index contributed by atoms with van der Waals surface area (Å²) in [6, 6.07) is 5.70. The number of hydrogen-bond donors (Lipinski definition) is 2. The van der Waals surface area contributed by atoms with Gasteiger partial charge >= 0.3 is 0 Å². The summed E-state index contributed by atoms with van der Waals surface area (Å²) in [5.74, 6) is 2.95. The summed E-state index contributed by atoms with van der Waals surface area (Å²) in [6.45, 7) is 0.662. The summed E-state index contributed by atoms with van der Waals surface area (Å²) in [5, 5.41) is 0. The highest BCUT2D eigenvalue weighted by Gasteiger charge is 2.03. The summed E-state index contributed by atoms with van der Waals surface area (Å²) in [4.78, 5) is 0. The van der Waals surface area contributed by atoms with Crippen LogP contribution in [0.3, 0.4) is 0 Å². The molecule has 0 radical (unpaired) electrons. The minimum Gasteiger partial charge on any atom is -0.496 e. The van der Waals surface area contributed by atoms with E-state index in [9.17, 15) is 0 Å². The molecule has 1 rings (SSSR count). The zero-order valence-corrected chi connectivity index (χ0v) is 13.7. The van der Waals surface area contributed by atoms with Crippen molar-refractivity contribution < 1.29 is 14.2 Å². The van der Waals surface area contributed by atoms with Crippen molar-refractivity contribution in [2.45, 2.75) is 25.3 Å². The first kappa shape index (κ1) is 19.2. The second-order valence-corrected chi connectivity index (χ2v) is 4.70. The molecule has 4 nitrogen and oxygen atoms in total. The van der Waals surface area contributed by atoms with Gasteiger partial charge in [-0.05, 0) is 19.3 Å². The molecule has 1 aromatic rings. The summed E-state index contributed by atoms with van der Waals surface area (Å²) < 4.78 is 16.1. The molecule has 0 amide bonds. The molecule has 0 fully saturated rings. The molecule has 0 saturated carbocycles. The van der Waals surface area contributed by atoms with Crippen LogP contribution in [0, 0.1) is 0 Å². The van der Waals surface area contributed by atoms with Gasteiger partial charge in [-0.3, -0.25) is 0 Å². The fraction of sp³-hybridized carbons (Fsp3) is 0.571. The topological polar surface area (TPSA) is 53.7 Å². The van der Waals surface area contributed by atoms with Crippen LogP contribution in [0.4, 0.5) is 0 Å². The highest BCUT2D eigenvalue weighted by Crippen LogP contribution is 2.27. The van der Waals surface area contributed by atoms with Gasteiger partial charge in [0.05, 0.1) is 20.8 Å². The number of methoxy groups -OCH3 is 2. The molecule has 2 N–H and O–H groups in total. The fourth-order valence-corrected chi connectivity index (χ4v) is 1.84. The third-order valence-electron chi connectivity index (χ3n) is 2.80. The second kappa shape index (κ2) is 10.9. The first-order valence-electron chi connectivity index (χ1n) is 6.42. The number of ether oxygens (including phenoxy) is 3. The maximum Gasteiger partial charge on any atom is 0.126 e. The highest BCUT2D eigenvalue weighted by molar-refractivity contribution is 7.80. The molecule has 0 bridgehead atoms. The zero-order chi connectivity index (χ0) is 14.1. The average Bonchev–Trinajstić information content (AvgIpc) is 2.46. The molecular formula is C14H24ClNO3S. The van der Waals surface area contributed by atoms with Crippen LogP contribution in [0.2, 0.25) is 0 Å². The van der Waals surface area contributed by atoms with Gasteiger partial charge in [-0.15, -0.1) is 12.4 Å². The Hall–Kier alpha value is -0.780. The summed E-state index contributed by atoms with van der Waals surface area (Å²) in [5.41, 5.74) is 5.79. The number of rotatable bonds is 9. The van der Waals surface area contributed by atoms with Crippen LogP contribution in [0.25, 0.3) is 0 Å². The molecule has 6 heteroatoms. The third kappa shape index (κ3) is 7.12. The van der Waals surface area contributed by atoms with E-state index in [4.69, 9.17) is 19.9 Å². The molecule has 1 unspecified atom stereocenters. The molecule has 0 aromatic heterocycles. The number of unbranched alkanes of at least 4 members (excludes halogenated alkanes) is 1. The van der Waals surface area contributed by atoms with Gasteiger partial charge in [-0.1, -0.05) is 0 Å². The van der Waals surface area contributed by atoms with Crippen LogP contribution in [-0.2, 0) is 0 Å². The minimum absolute atomic E-state index is 0. The van der Waals surface area contributed by atoms with Crippen molar-refractivity contribution in [2.75, 3.05) is 26.6 Å². The third-order valence-corrected chi connectivity index (χ3v) is 3.27. The Bertz CT molecular complexity index is 357. The Balaban J connectivity index is 0.00000361. The number of halogens is 1. The van der Waals surface area contributed by atoms with Crippen molar-refractivity contribution in [1.82, 2.24) is 0 Å². The first-order chi connectivity index (χ1) is 9.19. The summed E-state index contributed by atoms with van der Waals surface area (Å²) >= 11 is 4.16. The number of hydrogen-bond acceptors (Lipinski definition) is 5. The van der Waals surface area contributed by atoms with Gasteiger partial charge in [0.15, 0.2) is 0 Å². The van der Waals surface area contributed by atoms with Crippen LogP contribution >= 0.6 is 25.0 Å². The van der Waals surface area contributed by atoms with Gasteiger partial charge in [-0.25, -0.2) is 0 Å². The number of nitrogens with two attached hydrogens (primary N) is 1. The monoisotopic (exact) mass is 321 g/mol.